The Morgan fingerprint density at radius 1 is 1.35 bits per heavy atom. The van der Waals surface area contributed by atoms with Crippen molar-refractivity contribution < 1.29 is 27.9 Å². The molecular weight excluding hydrogens is 245 g/mol. The largest absolute Gasteiger partial charge is 0.477 e. The number of alkyl halides is 3. The molecule has 1 heterocycles. The van der Waals surface area contributed by atoms with Crippen LogP contribution in [-0.2, 0) is 4.79 Å². The number of carboxylic acids is 1. The van der Waals surface area contributed by atoms with E-state index in [1.165, 1.54) is 5.32 Å². The van der Waals surface area contributed by atoms with E-state index in [9.17, 15) is 27.6 Å². The smallest absolute Gasteiger partial charge is 0.471 e. The van der Waals surface area contributed by atoms with Crippen LogP contribution < -0.4 is 10.9 Å². The Kier molecular flexibility index (Phi) is 3.21. The van der Waals surface area contributed by atoms with Crippen LogP contribution in [0.3, 0.4) is 0 Å². The van der Waals surface area contributed by atoms with Crippen molar-refractivity contribution in [2.24, 2.45) is 0 Å². The van der Waals surface area contributed by atoms with Crippen molar-refractivity contribution in [1.82, 2.24) is 4.98 Å². The molecule has 0 radical (unpaired) electrons. The van der Waals surface area contributed by atoms with Crippen LogP contribution in [0.4, 0.5) is 18.9 Å². The van der Waals surface area contributed by atoms with E-state index in [1.807, 2.05) is 4.98 Å². The molecule has 0 aliphatic heterocycles. The number of carbonyl (C=O) groups is 2. The number of rotatable bonds is 2. The van der Waals surface area contributed by atoms with E-state index in [0.717, 1.165) is 6.20 Å². The zero-order chi connectivity index (χ0) is 13.2. The van der Waals surface area contributed by atoms with Gasteiger partial charge in [0.15, 0.2) is 0 Å². The lowest BCUT2D eigenvalue weighted by Gasteiger charge is -2.07. The Labute approximate surface area is 91.1 Å². The summed E-state index contributed by atoms with van der Waals surface area (Å²) in [5.74, 6) is -3.88. The summed E-state index contributed by atoms with van der Waals surface area (Å²) in [7, 11) is 0. The number of carbonyl (C=O) groups excluding carboxylic acids is 1. The van der Waals surface area contributed by atoms with Crippen molar-refractivity contribution in [2.75, 3.05) is 5.32 Å². The lowest BCUT2D eigenvalue weighted by atomic mass is 10.2. The Balaban J connectivity index is 3.02. The van der Waals surface area contributed by atoms with Crippen molar-refractivity contribution in [3.8, 4) is 0 Å². The molecule has 1 aromatic rings. The van der Waals surface area contributed by atoms with Crippen molar-refractivity contribution in [1.29, 1.82) is 0 Å². The summed E-state index contributed by atoms with van der Waals surface area (Å²) < 4.78 is 35.6. The molecule has 0 bridgehead atoms. The van der Waals surface area contributed by atoms with Gasteiger partial charge in [-0.1, -0.05) is 0 Å². The van der Waals surface area contributed by atoms with Crippen LogP contribution in [0.5, 0.6) is 0 Å². The summed E-state index contributed by atoms with van der Waals surface area (Å²) in [6, 6.07) is 0.630. The lowest BCUT2D eigenvalue weighted by Crippen LogP contribution is -2.30. The lowest BCUT2D eigenvalue weighted by molar-refractivity contribution is -0.167. The monoisotopic (exact) mass is 250 g/mol. The van der Waals surface area contributed by atoms with Crippen LogP contribution in [0.25, 0.3) is 0 Å². The van der Waals surface area contributed by atoms with Crippen molar-refractivity contribution in [2.45, 2.75) is 6.18 Å². The number of amides is 1. The first kappa shape index (κ1) is 12.7. The van der Waals surface area contributed by atoms with E-state index in [0.29, 0.717) is 6.07 Å². The van der Waals surface area contributed by atoms with E-state index in [2.05, 4.69) is 0 Å². The predicted molar refractivity (Wildman–Crippen MR) is 48.7 cm³/mol. The van der Waals surface area contributed by atoms with Crippen molar-refractivity contribution in [3.05, 3.63) is 28.2 Å². The Morgan fingerprint density at radius 2 is 1.94 bits per heavy atom. The number of aromatic carboxylic acids is 1. The molecule has 0 aliphatic rings. The second kappa shape index (κ2) is 4.28. The predicted octanol–water partition coefficient (Wildman–Crippen LogP) is 0.574. The van der Waals surface area contributed by atoms with Gasteiger partial charge in [0, 0.05) is 6.20 Å². The molecule has 1 aromatic heterocycles. The minimum atomic E-state index is -5.10. The summed E-state index contributed by atoms with van der Waals surface area (Å²) in [6.07, 6.45) is -4.34. The average Bonchev–Trinajstić information content (AvgIpc) is 2.19. The molecular formula is C8H5F3N2O4. The maximum Gasteiger partial charge on any atom is 0.471 e. The molecule has 1 rings (SSSR count). The summed E-state index contributed by atoms with van der Waals surface area (Å²) in [5.41, 5.74) is -2.23. The number of halogens is 3. The van der Waals surface area contributed by atoms with Crippen LogP contribution in [0.15, 0.2) is 17.1 Å². The molecule has 92 valence electrons. The molecule has 9 heteroatoms. The number of aromatic nitrogens is 1. The van der Waals surface area contributed by atoms with Crippen LogP contribution in [0, 0.1) is 0 Å². The SMILES string of the molecule is O=C(O)c1cc(NC(=O)C(F)(F)F)c[nH]c1=O. The molecule has 6 nitrogen and oxygen atoms in total. The second-order valence-electron chi connectivity index (χ2n) is 2.89. The van der Waals surface area contributed by atoms with E-state index in [-0.39, 0.29) is 0 Å². The quantitative estimate of drug-likeness (QED) is 0.714. The first-order valence-corrected chi connectivity index (χ1v) is 4.06. The van der Waals surface area contributed by atoms with Crippen LogP contribution in [-0.4, -0.2) is 28.1 Å². The molecule has 0 aliphatic carbocycles. The van der Waals surface area contributed by atoms with Crippen LogP contribution in [0.1, 0.15) is 10.4 Å². The average molecular weight is 250 g/mol. The van der Waals surface area contributed by atoms with Gasteiger partial charge in [-0.15, -0.1) is 0 Å². The topological polar surface area (TPSA) is 99.3 Å². The summed E-state index contributed by atoms with van der Waals surface area (Å²) >= 11 is 0. The third kappa shape index (κ3) is 3.06. The number of H-pyrrole nitrogens is 1. The summed E-state index contributed by atoms with van der Waals surface area (Å²) in [5, 5.41) is 9.94. The first-order valence-electron chi connectivity index (χ1n) is 4.06. The van der Waals surface area contributed by atoms with Gasteiger partial charge >= 0.3 is 18.1 Å². The number of hydrogen-bond donors (Lipinski definition) is 3. The highest BCUT2D eigenvalue weighted by molar-refractivity contribution is 5.96. The molecule has 0 fully saturated rings. The summed E-state index contributed by atoms with van der Waals surface area (Å²) in [6.45, 7) is 0. The standard InChI is InChI=1S/C8H5F3N2O4/c9-8(10,11)7(17)13-3-1-4(6(15)16)5(14)12-2-3/h1-2H,(H,12,14)(H,13,17)(H,15,16). The number of pyridine rings is 1. The van der Waals surface area contributed by atoms with Crippen LogP contribution in [0.2, 0.25) is 0 Å². The maximum absolute atomic E-state index is 11.9. The van der Waals surface area contributed by atoms with Gasteiger partial charge in [-0.2, -0.15) is 13.2 Å². The summed E-state index contributed by atoms with van der Waals surface area (Å²) in [4.78, 5) is 33.8. The van der Waals surface area contributed by atoms with Gasteiger partial charge in [0.2, 0.25) is 0 Å². The number of carboxylic acid groups (broad SMARTS) is 1. The number of nitrogens with one attached hydrogen (secondary N) is 2. The molecule has 1 amide bonds. The van der Waals surface area contributed by atoms with Gasteiger partial charge in [0.05, 0.1) is 5.69 Å². The van der Waals surface area contributed by atoms with Gasteiger partial charge in [-0.25, -0.2) is 4.79 Å². The third-order valence-electron chi connectivity index (χ3n) is 1.65. The van der Waals surface area contributed by atoms with Gasteiger partial charge < -0.3 is 15.4 Å². The van der Waals surface area contributed by atoms with Gasteiger partial charge in [-0.05, 0) is 6.07 Å². The van der Waals surface area contributed by atoms with Gasteiger partial charge in [-0.3, -0.25) is 9.59 Å². The third-order valence-corrected chi connectivity index (χ3v) is 1.65. The fourth-order valence-electron chi connectivity index (χ4n) is 0.917. The Hall–Kier alpha value is -2.32. The Bertz CT molecular complexity index is 520. The van der Waals surface area contributed by atoms with Gasteiger partial charge in [0.25, 0.3) is 5.56 Å². The second-order valence-corrected chi connectivity index (χ2v) is 2.89. The molecule has 0 aromatic carbocycles. The van der Waals surface area contributed by atoms with E-state index >= 15 is 0 Å². The zero-order valence-corrected chi connectivity index (χ0v) is 7.96. The molecule has 0 atom stereocenters. The fourth-order valence-corrected chi connectivity index (χ4v) is 0.917. The van der Waals surface area contributed by atoms with Crippen LogP contribution >= 0.6 is 0 Å². The number of anilines is 1. The highest BCUT2D eigenvalue weighted by Crippen LogP contribution is 2.17. The molecule has 3 N–H and O–H groups in total. The van der Waals surface area contributed by atoms with E-state index < -0.39 is 34.9 Å². The molecule has 0 unspecified atom stereocenters. The molecule has 0 saturated carbocycles. The van der Waals surface area contributed by atoms with Gasteiger partial charge in [0.1, 0.15) is 5.56 Å². The molecule has 17 heavy (non-hydrogen) atoms. The number of hydrogen-bond acceptors (Lipinski definition) is 3. The maximum atomic E-state index is 11.9. The zero-order valence-electron chi connectivity index (χ0n) is 7.96. The fraction of sp³-hybridized carbons (Fsp3) is 0.125. The minimum Gasteiger partial charge on any atom is -0.477 e. The van der Waals surface area contributed by atoms with E-state index in [4.69, 9.17) is 5.11 Å². The minimum absolute atomic E-state index is 0.468. The molecule has 0 saturated heterocycles. The number of aromatic amines is 1. The molecule has 0 spiro atoms. The highest BCUT2D eigenvalue weighted by Gasteiger charge is 2.38. The van der Waals surface area contributed by atoms with Crippen molar-refractivity contribution in [3.63, 3.8) is 0 Å². The highest BCUT2D eigenvalue weighted by atomic mass is 19.4. The first-order chi connectivity index (χ1) is 7.71. The normalized spacial score (nSPS) is 11.0. The Morgan fingerprint density at radius 3 is 2.41 bits per heavy atom. The van der Waals surface area contributed by atoms with Crippen molar-refractivity contribution >= 4 is 17.6 Å². The van der Waals surface area contributed by atoms with E-state index in [1.54, 1.807) is 0 Å².